The van der Waals surface area contributed by atoms with Crippen molar-refractivity contribution in [3.63, 3.8) is 0 Å². The molecule has 1 aliphatic rings. The SMILES string of the molecule is Cc1ccc(CN2CCN(CCN(C)C)C(=O)C2)cc1C#N. The van der Waals surface area contributed by atoms with Crippen LogP contribution in [-0.4, -0.2) is 67.4 Å². The summed E-state index contributed by atoms with van der Waals surface area (Å²) >= 11 is 0. The maximum atomic E-state index is 12.2. The van der Waals surface area contributed by atoms with Gasteiger partial charge in [0.2, 0.25) is 5.91 Å². The zero-order valence-electron chi connectivity index (χ0n) is 13.7. The van der Waals surface area contributed by atoms with Gasteiger partial charge in [-0.15, -0.1) is 0 Å². The maximum Gasteiger partial charge on any atom is 0.236 e. The first-order valence-corrected chi connectivity index (χ1v) is 7.64. The average molecular weight is 300 g/mol. The van der Waals surface area contributed by atoms with Gasteiger partial charge in [0.25, 0.3) is 0 Å². The number of nitrogens with zero attached hydrogens (tertiary/aromatic N) is 4. The van der Waals surface area contributed by atoms with Gasteiger partial charge in [0.1, 0.15) is 0 Å². The van der Waals surface area contributed by atoms with E-state index in [4.69, 9.17) is 5.26 Å². The molecule has 0 saturated carbocycles. The lowest BCUT2D eigenvalue weighted by Gasteiger charge is -2.34. The van der Waals surface area contributed by atoms with Crippen LogP contribution in [0, 0.1) is 18.3 Å². The van der Waals surface area contributed by atoms with Gasteiger partial charge in [-0.25, -0.2) is 0 Å². The fourth-order valence-corrected chi connectivity index (χ4v) is 2.60. The Kier molecular flexibility index (Phi) is 5.53. The summed E-state index contributed by atoms with van der Waals surface area (Å²) in [6, 6.07) is 8.16. The third-order valence-corrected chi connectivity index (χ3v) is 4.04. The highest BCUT2D eigenvalue weighted by Gasteiger charge is 2.23. The fourth-order valence-electron chi connectivity index (χ4n) is 2.60. The van der Waals surface area contributed by atoms with E-state index in [1.165, 1.54) is 0 Å². The molecule has 0 N–H and O–H groups in total. The van der Waals surface area contributed by atoms with Crippen molar-refractivity contribution >= 4 is 5.91 Å². The molecule has 1 aliphatic heterocycles. The van der Waals surface area contributed by atoms with Gasteiger partial charge in [-0.3, -0.25) is 9.69 Å². The zero-order valence-corrected chi connectivity index (χ0v) is 13.7. The summed E-state index contributed by atoms with van der Waals surface area (Å²) in [7, 11) is 4.04. The van der Waals surface area contributed by atoms with Gasteiger partial charge < -0.3 is 9.80 Å². The number of rotatable bonds is 5. The second-order valence-corrected chi connectivity index (χ2v) is 6.16. The molecule has 0 unspecified atom stereocenters. The highest BCUT2D eigenvalue weighted by molar-refractivity contribution is 5.79. The number of nitriles is 1. The smallest absolute Gasteiger partial charge is 0.236 e. The Labute approximate surface area is 132 Å². The minimum absolute atomic E-state index is 0.195. The van der Waals surface area contributed by atoms with Gasteiger partial charge in [0.05, 0.1) is 18.2 Å². The molecule has 2 rings (SSSR count). The van der Waals surface area contributed by atoms with E-state index in [1.807, 2.05) is 44.1 Å². The Morgan fingerprint density at radius 1 is 1.32 bits per heavy atom. The molecule has 0 bridgehead atoms. The molecular formula is C17H24N4O. The summed E-state index contributed by atoms with van der Waals surface area (Å²) in [6.07, 6.45) is 0. The molecule has 1 aromatic rings. The van der Waals surface area contributed by atoms with Gasteiger partial charge >= 0.3 is 0 Å². The van der Waals surface area contributed by atoms with E-state index in [1.54, 1.807) is 0 Å². The molecule has 0 aliphatic carbocycles. The molecule has 22 heavy (non-hydrogen) atoms. The molecule has 5 nitrogen and oxygen atoms in total. The van der Waals surface area contributed by atoms with Crippen LogP contribution < -0.4 is 0 Å². The van der Waals surface area contributed by atoms with E-state index in [0.717, 1.165) is 43.9 Å². The molecule has 0 spiro atoms. The van der Waals surface area contributed by atoms with Gasteiger partial charge in [-0.1, -0.05) is 12.1 Å². The minimum Gasteiger partial charge on any atom is -0.339 e. The molecule has 1 fully saturated rings. The number of likely N-dealkylation sites (N-methyl/N-ethyl adjacent to an activating group) is 1. The Morgan fingerprint density at radius 2 is 2.09 bits per heavy atom. The number of carbonyl (C=O) groups excluding carboxylic acids is 1. The van der Waals surface area contributed by atoms with Crippen molar-refractivity contribution in [1.82, 2.24) is 14.7 Å². The second kappa shape index (κ2) is 7.39. The molecule has 1 aromatic carbocycles. The summed E-state index contributed by atoms with van der Waals surface area (Å²) in [6.45, 7) is 6.48. The third-order valence-electron chi connectivity index (χ3n) is 4.04. The van der Waals surface area contributed by atoms with Crippen LogP contribution in [0.25, 0.3) is 0 Å². The van der Waals surface area contributed by atoms with Gasteiger partial charge in [0, 0.05) is 32.7 Å². The first kappa shape index (κ1) is 16.5. The molecule has 118 valence electrons. The summed E-state index contributed by atoms with van der Waals surface area (Å²) in [5, 5.41) is 9.10. The van der Waals surface area contributed by atoms with Crippen LogP contribution >= 0.6 is 0 Å². The Morgan fingerprint density at radius 3 is 2.73 bits per heavy atom. The normalized spacial score (nSPS) is 16.1. The van der Waals surface area contributed by atoms with E-state index >= 15 is 0 Å². The van der Waals surface area contributed by atoms with E-state index < -0.39 is 0 Å². The van der Waals surface area contributed by atoms with Crippen molar-refractivity contribution < 1.29 is 4.79 Å². The van der Waals surface area contributed by atoms with Crippen LogP contribution in [0.2, 0.25) is 0 Å². The van der Waals surface area contributed by atoms with E-state index in [9.17, 15) is 4.79 Å². The standard InChI is InChI=1S/C17H24N4O/c1-14-4-5-15(10-16(14)11-18)12-20-7-9-21(17(22)13-20)8-6-19(2)3/h4-5,10H,6-9,12-13H2,1-3H3. The third kappa shape index (κ3) is 4.30. The minimum atomic E-state index is 0.195. The lowest BCUT2D eigenvalue weighted by molar-refractivity contribution is -0.136. The Balaban J connectivity index is 1.91. The molecule has 0 atom stereocenters. The molecule has 0 aromatic heterocycles. The van der Waals surface area contributed by atoms with Crippen LogP contribution in [0.1, 0.15) is 16.7 Å². The number of hydrogen-bond acceptors (Lipinski definition) is 4. The van der Waals surface area contributed by atoms with Crippen molar-refractivity contribution in [2.24, 2.45) is 0 Å². The van der Waals surface area contributed by atoms with Gasteiger partial charge in [0.15, 0.2) is 0 Å². The number of amides is 1. The highest BCUT2D eigenvalue weighted by Crippen LogP contribution is 2.14. The van der Waals surface area contributed by atoms with Crippen LogP contribution in [0.15, 0.2) is 18.2 Å². The van der Waals surface area contributed by atoms with E-state index in [2.05, 4.69) is 15.9 Å². The molecule has 0 radical (unpaired) electrons. The van der Waals surface area contributed by atoms with Crippen molar-refractivity contribution in [2.45, 2.75) is 13.5 Å². The Hall–Kier alpha value is -1.90. The average Bonchev–Trinajstić information content (AvgIpc) is 2.48. The predicted octanol–water partition coefficient (Wildman–Crippen LogP) is 1.07. The molecule has 1 saturated heterocycles. The van der Waals surface area contributed by atoms with Crippen LogP contribution in [0.4, 0.5) is 0 Å². The summed E-state index contributed by atoms with van der Waals surface area (Å²) in [5.74, 6) is 0.195. The number of benzene rings is 1. The molecular weight excluding hydrogens is 276 g/mol. The number of piperazine rings is 1. The first-order chi connectivity index (χ1) is 10.5. The van der Waals surface area contributed by atoms with Crippen molar-refractivity contribution in [1.29, 1.82) is 5.26 Å². The molecule has 1 heterocycles. The van der Waals surface area contributed by atoms with Crippen LogP contribution in [-0.2, 0) is 11.3 Å². The van der Waals surface area contributed by atoms with E-state index in [-0.39, 0.29) is 5.91 Å². The molecule has 1 amide bonds. The Bertz CT molecular complexity index is 577. The molecule has 5 heteroatoms. The van der Waals surface area contributed by atoms with Crippen molar-refractivity contribution in [3.8, 4) is 6.07 Å². The lowest BCUT2D eigenvalue weighted by atomic mass is 10.1. The van der Waals surface area contributed by atoms with Crippen molar-refractivity contribution in [3.05, 3.63) is 34.9 Å². The number of carbonyl (C=O) groups is 1. The topological polar surface area (TPSA) is 50.6 Å². The first-order valence-electron chi connectivity index (χ1n) is 7.64. The summed E-state index contributed by atoms with van der Waals surface area (Å²) in [5.41, 5.74) is 2.81. The van der Waals surface area contributed by atoms with Crippen LogP contribution in [0.3, 0.4) is 0 Å². The monoisotopic (exact) mass is 300 g/mol. The summed E-state index contributed by atoms with van der Waals surface area (Å²) < 4.78 is 0. The van der Waals surface area contributed by atoms with Gasteiger partial charge in [-0.05, 0) is 38.2 Å². The zero-order chi connectivity index (χ0) is 16.1. The van der Waals surface area contributed by atoms with Crippen LogP contribution in [0.5, 0.6) is 0 Å². The number of aryl methyl sites for hydroxylation is 1. The largest absolute Gasteiger partial charge is 0.339 e. The lowest BCUT2D eigenvalue weighted by Crippen LogP contribution is -2.51. The predicted molar refractivity (Wildman–Crippen MR) is 86.3 cm³/mol. The summed E-state index contributed by atoms with van der Waals surface area (Å²) in [4.78, 5) is 18.4. The second-order valence-electron chi connectivity index (χ2n) is 6.16. The fraction of sp³-hybridized carbons (Fsp3) is 0.529. The van der Waals surface area contributed by atoms with Gasteiger partial charge in [-0.2, -0.15) is 5.26 Å². The van der Waals surface area contributed by atoms with Crippen molar-refractivity contribution in [2.75, 3.05) is 46.8 Å². The maximum absolute atomic E-state index is 12.2. The quantitative estimate of drug-likeness (QED) is 0.816. The highest BCUT2D eigenvalue weighted by atomic mass is 16.2. The van der Waals surface area contributed by atoms with E-state index in [0.29, 0.717) is 12.1 Å². The number of hydrogen-bond donors (Lipinski definition) is 0.